The lowest BCUT2D eigenvalue weighted by Gasteiger charge is -2.08. The molecule has 2 aromatic rings. The highest BCUT2D eigenvalue weighted by atomic mass is 35.5. The summed E-state index contributed by atoms with van der Waals surface area (Å²) >= 11 is 5.67. The van der Waals surface area contributed by atoms with Gasteiger partial charge in [0.1, 0.15) is 17.1 Å². The molecule has 0 aliphatic heterocycles. The van der Waals surface area contributed by atoms with Gasteiger partial charge >= 0.3 is 0 Å². The first-order valence-corrected chi connectivity index (χ1v) is 6.12. The van der Waals surface area contributed by atoms with Crippen molar-refractivity contribution in [3.8, 4) is 11.5 Å². The third kappa shape index (κ3) is 2.98. The van der Waals surface area contributed by atoms with Crippen LogP contribution in [0.1, 0.15) is 15.9 Å². The van der Waals surface area contributed by atoms with Crippen LogP contribution in [0.5, 0.6) is 11.5 Å². The molecule has 1 amide bonds. The maximum absolute atomic E-state index is 12.0. The number of hydrogen-bond acceptors (Lipinski definition) is 3. The Hall–Kier alpha value is -2.20. The van der Waals surface area contributed by atoms with Gasteiger partial charge in [0.2, 0.25) is 0 Å². The summed E-state index contributed by atoms with van der Waals surface area (Å²) in [6.07, 6.45) is 0. The van der Waals surface area contributed by atoms with Gasteiger partial charge in [0, 0.05) is 11.6 Å². The second kappa shape index (κ2) is 5.63. The van der Waals surface area contributed by atoms with E-state index in [1.165, 1.54) is 18.2 Å². The number of halogens is 1. The zero-order chi connectivity index (χ0) is 13.8. The van der Waals surface area contributed by atoms with Crippen molar-refractivity contribution in [2.24, 2.45) is 0 Å². The number of anilines is 1. The number of nitrogens with one attached hydrogen (secondary N) is 1. The molecular formula is C14H12ClNO3. The molecule has 0 spiro atoms. The summed E-state index contributed by atoms with van der Waals surface area (Å²) in [6.45, 7) is 0. The summed E-state index contributed by atoms with van der Waals surface area (Å²) in [4.78, 5) is 12.0. The van der Waals surface area contributed by atoms with Gasteiger partial charge in [-0.15, -0.1) is 11.6 Å². The second-order valence-corrected chi connectivity index (χ2v) is 4.22. The molecule has 4 nitrogen and oxygen atoms in total. The van der Waals surface area contributed by atoms with Crippen molar-refractivity contribution in [2.75, 3.05) is 5.32 Å². The molecule has 0 saturated heterocycles. The molecule has 0 saturated carbocycles. The maximum atomic E-state index is 12.0. The van der Waals surface area contributed by atoms with Gasteiger partial charge in [-0.3, -0.25) is 4.79 Å². The van der Waals surface area contributed by atoms with Crippen molar-refractivity contribution in [3.63, 3.8) is 0 Å². The molecule has 2 aromatic carbocycles. The van der Waals surface area contributed by atoms with Crippen molar-refractivity contribution < 1.29 is 15.0 Å². The SMILES string of the molecule is O=C(Nc1ccc(CCl)cc1)c1c(O)cccc1O. The molecule has 0 aliphatic rings. The fourth-order valence-electron chi connectivity index (χ4n) is 1.63. The van der Waals surface area contributed by atoms with Gasteiger partial charge in [-0.05, 0) is 29.8 Å². The Kier molecular flexibility index (Phi) is 3.92. The Labute approximate surface area is 115 Å². The van der Waals surface area contributed by atoms with Crippen LogP contribution in [-0.2, 0) is 5.88 Å². The smallest absolute Gasteiger partial charge is 0.263 e. The zero-order valence-corrected chi connectivity index (χ0v) is 10.7. The molecule has 0 unspecified atom stereocenters. The predicted octanol–water partition coefficient (Wildman–Crippen LogP) is 3.09. The molecule has 3 N–H and O–H groups in total. The highest BCUT2D eigenvalue weighted by molar-refractivity contribution is 6.17. The summed E-state index contributed by atoms with van der Waals surface area (Å²) in [5.41, 5.74) is 1.34. The monoisotopic (exact) mass is 277 g/mol. The molecule has 5 heteroatoms. The summed E-state index contributed by atoms with van der Waals surface area (Å²) in [5, 5.41) is 21.8. The number of phenolic OH excluding ortho intramolecular Hbond substituents is 2. The first kappa shape index (κ1) is 13.2. The van der Waals surface area contributed by atoms with Crippen LogP contribution < -0.4 is 5.32 Å². The number of alkyl halides is 1. The van der Waals surface area contributed by atoms with Crippen LogP contribution in [0.4, 0.5) is 5.69 Å². The minimum absolute atomic E-state index is 0.149. The van der Waals surface area contributed by atoms with Crippen molar-refractivity contribution in [2.45, 2.75) is 5.88 Å². The van der Waals surface area contributed by atoms with Crippen LogP contribution in [0.15, 0.2) is 42.5 Å². The Bertz CT molecular complexity index is 576. The molecule has 0 bridgehead atoms. The van der Waals surface area contributed by atoms with Crippen LogP contribution in [0, 0.1) is 0 Å². The molecule has 0 radical (unpaired) electrons. The van der Waals surface area contributed by atoms with Crippen molar-refractivity contribution >= 4 is 23.2 Å². The normalized spacial score (nSPS) is 10.2. The Morgan fingerprint density at radius 2 is 1.63 bits per heavy atom. The first-order chi connectivity index (χ1) is 9.11. The van der Waals surface area contributed by atoms with Crippen molar-refractivity contribution in [1.82, 2.24) is 0 Å². The van der Waals surface area contributed by atoms with Gasteiger partial charge in [0.25, 0.3) is 5.91 Å². The summed E-state index contributed by atoms with van der Waals surface area (Å²) in [5.74, 6) is -0.715. The maximum Gasteiger partial charge on any atom is 0.263 e. The molecule has 0 heterocycles. The summed E-state index contributed by atoms with van der Waals surface area (Å²) in [7, 11) is 0. The minimum Gasteiger partial charge on any atom is -0.507 e. The van der Waals surface area contributed by atoms with E-state index >= 15 is 0 Å². The Balaban J connectivity index is 2.21. The van der Waals surface area contributed by atoms with E-state index in [4.69, 9.17) is 11.6 Å². The Morgan fingerprint density at radius 1 is 1.05 bits per heavy atom. The molecule has 0 aromatic heterocycles. The van der Waals surface area contributed by atoms with E-state index in [2.05, 4.69) is 5.32 Å². The highest BCUT2D eigenvalue weighted by Gasteiger charge is 2.15. The van der Waals surface area contributed by atoms with Crippen LogP contribution in [0.2, 0.25) is 0 Å². The second-order valence-electron chi connectivity index (χ2n) is 3.96. The van der Waals surface area contributed by atoms with Crippen LogP contribution >= 0.6 is 11.6 Å². The standard InChI is InChI=1S/C14H12ClNO3/c15-8-9-4-6-10(7-5-9)16-14(19)13-11(17)2-1-3-12(13)18/h1-7,17-18H,8H2,(H,16,19). The molecule has 2 rings (SSSR count). The predicted molar refractivity (Wildman–Crippen MR) is 73.7 cm³/mol. The quantitative estimate of drug-likeness (QED) is 0.755. The van der Waals surface area contributed by atoms with Gasteiger partial charge in [-0.2, -0.15) is 0 Å². The van der Waals surface area contributed by atoms with Gasteiger partial charge in [-0.1, -0.05) is 18.2 Å². The summed E-state index contributed by atoms with van der Waals surface area (Å²) < 4.78 is 0. The number of carbonyl (C=O) groups excluding carboxylic acids is 1. The van der Waals surface area contributed by atoms with E-state index in [1.807, 2.05) is 0 Å². The highest BCUT2D eigenvalue weighted by Crippen LogP contribution is 2.27. The van der Waals surface area contributed by atoms with Crippen LogP contribution in [0.25, 0.3) is 0 Å². The lowest BCUT2D eigenvalue weighted by Crippen LogP contribution is -2.12. The Morgan fingerprint density at radius 3 is 2.16 bits per heavy atom. The van der Waals surface area contributed by atoms with E-state index in [-0.39, 0.29) is 17.1 Å². The summed E-state index contributed by atoms with van der Waals surface area (Å²) in [6, 6.07) is 11.1. The third-order valence-corrected chi connectivity index (χ3v) is 2.92. The van der Waals surface area contributed by atoms with Crippen molar-refractivity contribution in [3.05, 3.63) is 53.6 Å². The first-order valence-electron chi connectivity index (χ1n) is 5.59. The number of benzene rings is 2. The zero-order valence-electron chi connectivity index (χ0n) is 9.93. The number of aromatic hydroxyl groups is 2. The lowest BCUT2D eigenvalue weighted by atomic mass is 10.1. The number of hydrogen-bond donors (Lipinski definition) is 3. The van der Waals surface area contributed by atoms with Crippen LogP contribution in [-0.4, -0.2) is 16.1 Å². The van der Waals surface area contributed by atoms with E-state index in [0.717, 1.165) is 5.56 Å². The minimum atomic E-state index is -0.575. The number of phenols is 2. The fraction of sp³-hybridized carbons (Fsp3) is 0.0714. The average molecular weight is 278 g/mol. The van der Waals surface area contributed by atoms with Gasteiger partial charge < -0.3 is 15.5 Å². The van der Waals surface area contributed by atoms with E-state index in [0.29, 0.717) is 11.6 Å². The molecular weight excluding hydrogens is 266 g/mol. The number of amides is 1. The third-order valence-electron chi connectivity index (χ3n) is 2.61. The molecule has 0 aliphatic carbocycles. The largest absolute Gasteiger partial charge is 0.507 e. The van der Waals surface area contributed by atoms with Crippen LogP contribution in [0.3, 0.4) is 0 Å². The van der Waals surface area contributed by atoms with Gasteiger partial charge in [0.05, 0.1) is 0 Å². The molecule has 98 valence electrons. The fourth-order valence-corrected chi connectivity index (χ4v) is 1.81. The number of rotatable bonds is 3. The number of carbonyl (C=O) groups is 1. The van der Waals surface area contributed by atoms with E-state index < -0.39 is 5.91 Å². The molecule has 0 fully saturated rings. The van der Waals surface area contributed by atoms with Gasteiger partial charge in [-0.25, -0.2) is 0 Å². The molecule has 19 heavy (non-hydrogen) atoms. The van der Waals surface area contributed by atoms with E-state index in [1.54, 1.807) is 24.3 Å². The van der Waals surface area contributed by atoms with Crippen molar-refractivity contribution in [1.29, 1.82) is 0 Å². The van der Waals surface area contributed by atoms with E-state index in [9.17, 15) is 15.0 Å². The molecule has 0 atom stereocenters. The van der Waals surface area contributed by atoms with Gasteiger partial charge in [0.15, 0.2) is 0 Å². The lowest BCUT2D eigenvalue weighted by molar-refractivity contribution is 0.102. The topological polar surface area (TPSA) is 69.6 Å². The average Bonchev–Trinajstić information content (AvgIpc) is 2.39.